The van der Waals surface area contributed by atoms with Crippen molar-refractivity contribution >= 4 is 15.7 Å². The first-order chi connectivity index (χ1) is 16.5. The largest absolute Gasteiger partial charge is 0.496 e. The van der Waals surface area contributed by atoms with Crippen LogP contribution in [0, 0.1) is 0 Å². The summed E-state index contributed by atoms with van der Waals surface area (Å²) >= 11 is 0. The number of rotatable bonds is 6. The molecule has 3 aromatic carbocycles. The Morgan fingerprint density at radius 1 is 0.912 bits per heavy atom. The number of methoxy groups -OCH3 is 1. The maximum Gasteiger partial charge on any atom is 0.247 e. The van der Waals surface area contributed by atoms with Crippen LogP contribution in [0.2, 0.25) is 0 Å². The average molecular weight is 473 g/mol. The molecule has 0 radical (unpaired) electrons. The fourth-order valence-electron chi connectivity index (χ4n) is 4.22. The van der Waals surface area contributed by atoms with Crippen molar-refractivity contribution in [2.45, 2.75) is 12.5 Å². The first kappa shape index (κ1) is 21.9. The van der Waals surface area contributed by atoms with Gasteiger partial charge in [-0.2, -0.15) is 14.6 Å². The van der Waals surface area contributed by atoms with E-state index >= 15 is 0 Å². The fraction of sp³-hybridized carbons (Fsp3) is 0.154. The molecule has 4 aromatic rings. The van der Waals surface area contributed by atoms with Crippen LogP contribution < -0.4 is 4.74 Å². The van der Waals surface area contributed by atoms with E-state index in [1.807, 2.05) is 91.1 Å². The Balaban J connectivity index is 1.68. The van der Waals surface area contributed by atoms with E-state index in [1.165, 1.54) is 10.7 Å². The Bertz CT molecular complexity index is 1450. The number of ether oxygens (including phenoxy) is 1. The lowest BCUT2D eigenvalue weighted by Gasteiger charge is -2.21. The Kier molecular flexibility index (Phi) is 5.67. The molecule has 5 rings (SSSR count). The Hall–Kier alpha value is -3.91. The first-order valence-corrected chi connectivity index (χ1v) is 12.7. The highest BCUT2D eigenvalue weighted by molar-refractivity contribution is 7.88. The Morgan fingerprint density at radius 3 is 2.24 bits per heavy atom. The minimum atomic E-state index is -3.63. The molecule has 1 aromatic heterocycles. The lowest BCUT2D eigenvalue weighted by atomic mass is 9.97. The number of nitrogens with zero attached hydrogens (tertiary/aromatic N) is 4. The summed E-state index contributed by atoms with van der Waals surface area (Å²) in [5.74, 6) is 0.662. The van der Waals surface area contributed by atoms with Crippen LogP contribution in [0.1, 0.15) is 23.6 Å². The minimum absolute atomic E-state index is 0.430. The second-order valence-corrected chi connectivity index (χ2v) is 9.92. The van der Waals surface area contributed by atoms with E-state index in [2.05, 4.69) is 5.10 Å². The topological polar surface area (TPSA) is 76.8 Å². The number of hydrogen-bond donors (Lipinski definition) is 0. The predicted molar refractivity (Wildman–Crippen MR) is 133 cm³/mol. The molecule has 0 saturated heterocycles. The van der Waals surface area contributed by atoms with Gasteiger partial charge in [-0.15, -0.1) is 0 Å². The van der Waals surface area contributed by atoms with Gasteiger partial charge in [0, 0.05) is 23.7 Å². The standard InChI is InChI=1S/C26H24N4O3S/c1-33-25-16-10-9-15-21(25)26-22(18-29(28-26)20-13-7-4-8-14-20)24-17-23(19-11-5-3-6-12-19)27-30(24)34(2,31)32/h3-16,18,24H,17H2,1-2H3/t24-/m1/s1. The van der Waals surface area contributed by atoms with Crippen LogP contribution in [0.25, 0.3) is 16.9 Å². The van der Waals surface area contributed by atoms with Gasteiger partial charge in [-0.05, 0) is 29.8 Å². The van der Waals surface area contributed by atoms with Crippen molar-refractivity contribution < 1.29 is 13.2 Å². The molecule has 1 atom stereocenters. The number of sulfonamides is 1. The number of benzene rings is 3. The molecule has 172 valence electrons. The Morgan fingerprint density at radius 2 is 1.56 bits per heavy atom. The third-order valence-electron chi connectivity index (χ3n) is 5.80. The van der Waals surface area contributed by atoms with Gasteiger partial charge in [-0.3, -0.25) is 0 Å². The van der Waals surface area contributed by atoms with Crippen LogP contribution in [0.4, 0.5) is 0 Å². The van der Waals surface area contributed by atoms with E-state index in [0.717, 1.165) is 28.1 Å². The normalized spacial score (nSPS) is 15.9. The summed E-state index contributed by atoms with van der Waals surface area (Å²) in [6.45, 7) is 0. The Labute approximate surface area is 199 Å². The summed E-state index contributed by atoms with van der Waals surface area (Å²) in [4.78, 5) is 0. The summed E-state index contributed by atoms with van der Waals surface area (Å²) in [6.07, 6.45) is 3.50. The third kappa shape index (κ3) is 4.08. The molecule has 34 heavy (non-hydrogen) atoms. The first-order valence-electron chi connectivity index (χ1n) is 10.9. The molecule has 2 heterocycles. The summed E-state index contributed by atoms with van der Waals surface area (Å²) in [5, 5.41) is 9.42. The highest BCUT2D eigenvalue weighted by Crippen LogP contribution is 2.41. The summed E-state index contributed by atoms with van der Waals surface area (Å²) in [7, 11) is -2.02. The zero-order chi connectivity index (χ0) is 23.7. The minimum Gasteiger partial charge on any atom is -0.496 e. The van der Waals surface area contributed by atoms with Gasteiger partial charge in [0.15, 0.2) is 0 Å². The van der Waals surface area contributed by atoms with Crippen molar-refractivity contribution in [3.05, 3.63) is 102 Å². The zero-order valence-corrected chi connectivity index (χ0v) is 19.7. The van der Waals surface area contributed by atoms with Crippen molar-refractivity contribution in [3.63, 3.8) is 0 Å². The maximum absolute atomic E-state index is 12.8. The zero-order valence-electron chi connectivity index (χ0n) is 18.9. The average Bonchev–Trinajstić information content (AvgIpc) is 3.50. The lowest BCUT2D eigenvalue weighted by molar-refractivity contribution is 0.375. The molecule has 0 spiro atoms. The number of hydrazone groups is 1. The summed E-state index contributed by atoms with van der Waals surface area (Å²) in [6, 6.07) is 26.4. The van der Waals surface area contributed by atoms with E-state index in [1.54, 1.807) is 11.8 Å². The van der Waals surface area contributed by atoms with Crippen LogP contribution >= 0.6 is 0 Å². The number of para-hydroxylation sites is 2. The molecular weight excluding hydrogens is 448 g/mol. The van der Waals surface area contributed by atoms with Gasteiger partial charge in [-0.1, -0.05) is 60.7 Å². The van der Waals surface area contributed by atoms with E-state index in [9.17, 15) is 8.42 Å². The van der Waals surface area contributed by atoms with Crippen molar-refractivity contribution in [2.75, 3.05) is 13.4 Å². The highest BCUT2D eigenvalue weighted by atomic mass is 32.2. The number of hydrogen-bond acceptors (Lipinski definition) is 5. The highest BCUT2D eigenvalue weighted by Gasteiger charge is 2.37. The van der Waals surface area contributed by atoms with E-state index in [-0.39, 0.29) is 0 Å². The van der Waals surface area contributed by atoms with Crippen molar-refractivity contribution in [3.8, 4) is 22.7 Å². The molecule has 7 nitrogen and oxygen atoms in total. The smallest absolute Gasteiger partial charge is 0.247 e. The van der Waals surface area contributed by atoms with Gasteiger partial charge in [-0.25, -0.2) is 13.1 Å². The molecule has 0 unspecified atom stereocenters. The molecule has 8 heteroatoms. The molecule has 1 aliphatic rings. The molecule has 0 fully saturated rings. The maximum atomic E-state index is 12.8. The van der Waals surface area contributed by atoms with Gasteiger partial charge in [0.25, 0.3) is 0 Å². The van der Waals surface area contributed by atoms with Gasteiger partial charge >= 0.3 is 0 Å². The third-order valence-corrected chi connectivity index (χ3v) is 6.82. The fourth-order valence-corrected chi connectivity index (χ4v) is 5.12. The predicted octanol–water partition coefficient (Wildman–Crippen LogP) is 4.66. The van der Waals surface area contributed by atoms with Crippen molar-refractivity contribution in [2.24, 2.45) is 5.10 Å². The van der Waals surface area contributed by atoms with Gasteiger partial charge in [0.05, 0.1) is 30.8 Å². The van der Waals surface area contributed by atoms with Crippen LogP contribution in [0.5, 0.6) is 5.75 Å². The van der Waals surface area contributed by atoms with Gasteiger partial charge in [0.2, 0.25) is 10.0 Å². The molecule has 0 aliphatic carbocycles. The number of aromatic nitrogens is 2. The molecule has 0 saturated carbocycles. The van der Waals surface area contributed by atoms with Crippen LogP contribution in [0.3, 0.4) is 0 Å². The van der Waals surface area contributed by atoms with Gasteiger partial charge in [0.1, 0.15) is 11.4 Å². The molecule has 0 amide bonds. The summed E-state index contributed by atoms with van der Waals surface area (Å²) < 4.78 is 34.2. The SMILES string of the molecule is COc1ccccc1-c1nn(-c2ccccc2)cc1[C@H]1CC(c2ccccc2)=NN1S(C)(=O)=O. The second-order valence-electron chi connectivity index (χ2n) is 8.08. The van der Waals surface area contributed by atoms with E-state index in [0.29, 0.717) is 17.9 Å². The van der Waals surface area contributed by atoms with Crippen molar-refractivity contribution in [1.82, 2.24) is 14.2 Å². The quantitative estimate of drug-likeness (QED) is 0.409. The lowest BCUT2D eigenvalue weighted by Crippen LogP contribution is -2.26. The van der Waals surface area contributed by atoms with Crippen molar-refractivity contribution in [1.29, 1.82) is 0 Å². The summed E-state index contributed by atoms with van der Waals surface area (Å²) in [5.41, 5.74) is 4.69. The van der Waals surface area contributed by atoms with Crippen LogP contribution in [0.15, 0.2) is 96.2 Å². The molecule has 1 aliphatic heterocycles. The monoisotopic (exact) mass is 472 g/mol. The molecule has 0 bridgehead atoms. The van der Waals surface area contributed by atoms with Gasteiger partial charge < -0.3 is 4.74 Å². The van der Waals surface area contributed by atoms with E-state index in [4.69, 9.17) is 9.84 Å². The molecule has 0 N–H and O–H groups in total. The second kappa shape index (κ2) is 8.79. The molecular formula is C26H24N4O3S. The van der Waals surface area contributed by atoms with E-state index < -0.39 is 16.1 Å². The van der Waals surface area contributed by atoms with Crippen LogP contribution in [-0.4, -0.2) is 41.7 Å². The van der Waals surface area contributed by atoms with Crippen LogP contribution in [-0.2, 0) is 10.0 Å².